The number of rotatable bonds is 2. The molecule has 0 N–H and O–H groups in total. The standard InChI is InChI=1S/C14H21N/c1-12-7-6-10-14(15(12)2)11-13-8-4-3-5-9-13/h3-5,8-9,12,14H,6-7,10-11H2,1-2H3. The van der Waals surface area contributed by atoms with Gasteiger partial charge in [-0.25, -0.2) is 0 Å². The highest BCUT2D eigenvalue weighted by Gasteiger charge is 2.24. The van der Waals surface area contributed by atoms with Gasteiger partial charge in [-0.2, -0.15) is 0 Å². The third kappa shape index (κ3) is 2.60. The van der Waals surface area contributed by atoms with Gasteiger partial charge in [0, 0.05) is 12.1 Å². The highest BCUT2D eigenvalue weighted by Crippen LogP contribution is 2.23. The Kier molecular flexibility index (Phi) is 3.42. The third-order valence-electron chi connectivity index (χ3n) is 3.74. The fraction of sp³-hybridized carbons (Fsp3) is 0.571. The molecule has 2 atom stereocenters. The Morgan fingerprint density at radius 3 is 2.67 bits per heavy atom. The maximum atomic E-state index is 2.55. The highest BCUT2D eigenvalue weighted by atomic mass is 15.2. The van der Waals surface area contributed by atoms with Crippen LogP contribution in [0.4, 0.5) is 0 Å². The van der Waals surface area contributed by atoms with Gasteiger partial charge in [0.05, 0.1) is 0 Å². The van der Waals surface area contributed by atoms with Crippen LogP contribution >= 0.6 is 0 Å². The van der Waals surface area contributed by atoms with Crippen LogP contribution < -0.4 is 0 Å². The lowest BCUT2D eigenvalue weighted by Gasteiger charge is -2.38. The summed E-state index contributed by atoms with van der Waals surface area (Å²) in [6, 6.07) is 12.4. The minimum Gasteiger partial charge on any atom is -0.300 e. The normalized spacial score (nSPS) is 27.9. The predicted molar refractivity (Wildman–Crippen MR) is 65.0 cm³/mol. The molecular formula is C14H21N. The van der Waals surface area contributed by atoms with Gasteiger partial charge in [0.2, 0.25) is 0 Å². The molecule has 1 aromatic carbocycles. The summed E-state index contributed by atoms with van der Waals surface area (Å²) >= 11 is 0. The first kappa shape index (κ1) is 10.7. The van der Waals surface area contributed by atoms with Crippen LogP contribution in [0.25, 0.3) is 0 Å². The lowest BCUT2D eigenvalue weighted by atomic mass is 9.93. The monoisotopic (exact) mass is 203 g/mol. The van der Waals surface area contributed by atoms with E-state index < -0.39 is 0 Å². The van der Waals surface area contributed by atoms with Crippen LogP contribution in [0, 0.1) is 0 Å². The van der Waals surface area contributed by atoms with Crippen LogP contribution in [0.5, 0.6) is 0 Å². The van der Waals surface area contributed by atoms with Gasteiger partial charge in [-0.15, -0.1) is 0 Å². The number of likely N-dealkylation sites (tertiary alicyclic amines) is 1. The predicted octanol–water partition coefficient (Wildman–Crippen LogP) is 3.10. The molecule has 0 saturated carbocycles. The number of piperidine rings is 1. The topological polar surface area (TPSA) is 3.24 Å². The number of hydrogen-bond donors (Lipinski definition) is 0. The van der Waals surface area contributed by atoms with Crippen molar-refractivity contribution in [2.75, 3.05) is 7.05 Å². The lowest BCUT2D eigenvalue weighted by molar-refractivity contribution is 0.125. The molecule has 15 heavy (non-hydrogen) atoms. The van der Waals surface area contributed by atoms with Crippen molar-refractivity contribution in [3.8, 4) is 0 Å². The van der Waals surface area contributed by atoms with E-state index in [9.17, 15) is 0 Å². The first-order valence-corrected chi connectivity index (χ1v) is 6.03. The number of hydrogen-bond acceptors (Lipinski definition) is 1. The molecule has 1 fully saturated rings. The fourth-order valence-corrected chi connectivity index (χ4v) is 2.55. The van der Waals surface area contributed by atoms with Crippen molar-refractivity contribution in [1.29, 1.82) is 0 Å². The van der Waals surface area contributed by atoms with Crippen LogP contribution in [0.15, 0.2) is 30.3 Å². The zero-order chi connectivity index (χ0) is 10.7. The van der Waals surface area contributed by atoms with Crippen molar-refractivity contribution in [2.45, 2.75) is 44.7 Å². The van der Waals surface area contributed by atoms with Crippen molar-refractivity contribution < 1.29 is 0 Å². The maximum absolute atomic E-state index is 2.55. The molecule has 1 nitrogen and oxygen atoms in total. The first-order chi connectivity index (χ1) is 7.27. The van der Waals surface area contributed by atoms with Gasteiger partial charge in [0.25, 0.3) is 0 Å². The average Bonchev–Trinajstić information content (AvgIpc) is 2.26. The average molecular weight is 203 g/mol. The van der Waals surface area contributed by atoms with Crippen molar-refractivity contribution in [3.05, 3.63) is 35.9 Å². The summed E-state index contributed by atoms with van der Waals surface area (Å²) < 4.78 is 0. The smallest absolute Gasteiger partial charge is 0.0135 e. The van der Waals surface area contributed by atoms with Crippen LogP contribution in [0.1, 0.15) is 31.7 Å². The molecule has 0 aliphatic carbocycles. The minimum absolute atomic E-state index is 0.746. The Morgan fingerprint density at radius 2 is 1.93 bits per heavy atom. The quantitative estimate of drug-likeness (QED) is 0.714. The molecule has 0 bridgehead atoms. The fourth-order valence-electron chi connectivity index (χ4n) is 2.55. The molecular weight excluding hydrogens is 182 g/mol. The summed E-state index contributed by atoms with van der Waals surface area (Å²) in [4.78, 5) is 2.55. The highest BCUT2D eigenvalue weighted by molar-refractivity contribution is 5.16. The van der Waals surface area contributed by atoms with Gasteiger partial charge in [-0.3, -0.25) is 0 Å². The summed E-state index contributed by atoms with van der Waals surface area (Å²) in [7, 11) is 2.28. The molecule has 1 heterocycles. The summed E-state index contributed by atoms with van der Waals surface area (Å²) in [5, 5.41) is 0. The van der Waals surface area contributed by atoms with Crippen molar-refractivity contribution in [2.24, 2.45) is 0 Å². The zero-order valence-corrected chi connectivity index (χ0v) is 9.82. The third-order valence-corrected chi connectivity index (χ3v) is 3.74. The Morgan fingerprint density at radius 1 is 1.20 bits per heavy atom. The molecule has 2 rings (SSSR count). The van der Waals surface area contributed by atoms with Crippen LogP contribution in [0.3, 0.4) is 0 Å². The van der Waals surface area contributed by atoms with Crippen LogP contribution in [0.2, 0.25) is 0 Å². The zero-order valence-electron chi connectivity index (χ0n) is 9.82. The van der Waals surface area contributed by atoms with Gasteiger partial charge >= 0.3 is 0 Å². The van der Waals surface area contributed by atoms with Gasteiger partial charge in [0.15, 0.2) is 0 Å². The second-order valence-electron chi connectivity index (χ2n) is 4.79. The van der Waals surface area contributed by atoms with E-state index in [1.807, 2.05) is 0 Å². The SMILES string of the molecule is CC1CCCC(Cc2ccccc2)N1C. The second kappa shape index (κ2) is 4.80. The van der Waals surface area contributed by atoms with Crippen molar-refractivity contribution in [1.82, 2.24) is 4.90 Å². The van der Waals surface area contributed by atoms with Crippen molar-refractivity contribution in [3.63, 3.8) is 0 Å². The summed E-state index contributed by atoms with van der Waals surface area (Å²) in [6.45, 7) is 2.34. The molecule has 1 aromatic rings. The summed E-state index contributed by atoms with van der Waals surface area (Å²) in [5.41, 5.74) is 1.48. The summed E-state index contributed by atoms with van der Waals surface area (Å²) in [6.07, 6.45) is 5.32. The molecule has 1 heteroatoms. The Labute approximate surface area is 93.1 Å². The van der Waals surface area contributed by atoms with E-state index in [0.29, 0.717) is 0 Å². The largest absolute Gasteiger partial charge is 0.300 e. The Bertz CT molecular complexity index is 293. The van der Waals surface area contributed by atoms with Crippen molar-refractivity contribution >= 4 is 0 Å². The number of nitrogens with zero attached hydrogens (tertiary/aromatic N) is 1. The van der Waals surface area contributed by atoms with Gasteiger partial charge in [-0.1, -0.05) is 36.8 Å². The van der Waals surface area contributed by atoms with Gasteiger partial charge in [0.1, 0.15) is 0 Å². The van der Waals surface area contributed by atoms with E-state index in [-0.39, 0.29) is 0 Å². The molecule has 0 radical (unpaired) electrons. The molecule has 1 aliphatic rings. The van der Waals surface area contributed by atoms with E-state index >= 15 is 0 Å². The Hall–Kier alpha value is -0.820. The lowest BCUT2D eigenvalue weighted by Crippen LogP contribution is -2.43. The Balaban J connectivity index is 1.99. The minimum atomic E-state index is 0.746. The molecule has 2 unspecified atom stereocenters. The molecule has 82 valence electrons. The molecule has 0 aromatic heterocycles. The molecule has 1 saturated heterocycles. The van der Waals surface area contributed by atoms with E-state index in [2.05, 4.69) is 49.2 Å². The van der Waals surface area contributed by atoms with E-state index in [1.165, 1.54) is 31.2 Å². The van der Waals surface area contributed by atoms with Crippen LogP contribution in [-0.2, 0) is 6.42 Å². The first-order valence-electron chi connectivity index (χ1n) is 6.03. The maximum Gasteiger partial charge on any atom is 0.0135 e. The van der Waals surface area contributed by atoms with E-state index in [4.69, 9.17) is 0 Å². The van der Waals surface area contributed by atoms with E-state index in [1.54, 1.807) is 0 Å². The summed E-state index contributed by atoms with van der Waals surface area (Å²) in [5.74, 6) is 0. The number of likely N-dealkylation sites (N-methyl/N-ethyl adjacent to an activating group) is 1. The van der Waals surface area contributed by atoms with Crippen LogP contribution in [-0.4, -0.2) is 24.0 Å². The second-order valence-corrected chi connectivity index (χ2v) is 4.79. The molecule has 1 aliphatic heterocycles. The molecule has 0 amide bonds. The van der Waals surface area contributed by atoms with Gasteiger partial charge in [-0.05, 0) is 38.8 Å². The molecule has 0 spiro atoms. The van der Waals surface area contributed by atoms with Gasteiger partial charge < -0.3 is 4.90 Å². The number of benzene rings is 1. The van der Waals surface area contributed by atoms with E-state index in [0.717, 1.165) is 12.1 Å².